The molecule has 0 aliphatic heterocycles. The van der Waals surface area contributed by atoms with Crippen molar-refractivity contribution in [3.8, 4) is 5.75 Å². The van der Waals surface area contributed by atoms with E-state index in [9.17, 15) is 13.2 Å². The summed E-state index contributed by atoms with van der Waals surface area (Å²) in [5.41, 5.74) is 2.24. The molecule has 8 heteroatoms. The number of nitrogens with zero attached hydrogens (tertiary/aromatic N) is 1. The maximum atomic E-state index is 12.9. The summed E-state index contributed by atoms with van der Waals surface area (Å²) in [6, 6.07) is 11.3. The fourth-order valence-corrected chi connectivity index (χ4v) is 4.04. The van der Waals surface area contributed by atoms with Gasteiger partial charge in [0.15, 0.2) is 0 Å². The topological polar surface area (TPSA) is 97.4 Å². The maximum absolute atomic E-state index is 12.9. The largest absolute Gasteiger partial charge is 0.494 e. The Balaban J connectivity index is 2.00. The second kappa shape index (κ2) is 7.24. The minimum atomic E-state index is -3.85. The number of hydrogen-bond acceptors (Lipinski definition) is 5. The van der Waals surface area contributed by atoms with Gasteiger partial charge in [0.25, 0.3) is 10.0 Å². The molecule has 3 rings (SSSR count). The standard InChI is InChI=1S/C19H19N3O4S/c1-12-11-14(6-7-16(12)21-13(2)23)22-27(24,25)18-9-8-17(26-3)19-15(18)5-4-10-20-19/h4-11,22H,1-3H3,(H,21,23). The number of fused-ring (bicyclic) bond motifs is 1. The van der Waals surface area contributed by atoms with Gasteiger partial charge in [-0.3, -0.25) is 14.5 Å². The number of pyridine rings is 1. The number of methoxy groups -OCH3 is 1. The lowest BCUT2D eigenvalue weighted by atomic mass is 10.2. The van der Waals surface area contributed by atoms with Gasteiger partial charge in [0.1, 0.15) is 11.3 Å². The summed E-state index contributed by atoms with van der Waals surface area (Å²) in [7, 11) is -2.34. The van der Waals surface area contributed by atoms with Crippen molar-refractivity contribution in [2.24, 2.45) is 0 Å². The van der Waals surface area contributed by atoms with Gasteiger partial charge in [0.05, 0.1) is 12.0 Å². The van der Waals surface area contributed by atoms with E-state index >= 15 is 0 Å². The van der Waals surface area contributed by atoms with Crippen LogP contribution in [0.25, 0.3) is 10.9 Å². The zero-order valence-electron chi connectivity index (χ0n) is 15.1. The number of benzene rings is 2. The van der Waals surface area contributed by atoms with E-state index in [4.69, 9.17) is 4.74 Å². The molecule has 3 aromatic rings. The minimum absolute atomic E-state index is 0.106. The third kappa shape index (κ3) is 3.85. The summed E-state index contributed by atoms with van der Waals surface area (Å²) in [6.07, 6.45) is 1.58. The van der Waals surface area contributed by atoms with E-state index in [1.165, 1.54) is 20.1 Å². The molecule has 0 radical (unpaired) electrons. The maximum Gasteiger partial charge on any atom is 0.262 e. The summed E-state index contributed by atoms with van der Waals surface area (Å²) in [5.74, 6) is 0.309. The van der Waals surface area contributed by atoms with Gasteiger partial charge in [-0.05, 0) is 55.0 Å². The smallest absolute Gasteiger partial charge is 0.262 e. The van der Waals surface area contributed by atoms with Crippen molar-refractivity contribution in [3.05, 3.63) is 54.2 Å². The average Bonchev–Trinajstić information content (AvgIpc) is 2.62. The molecule has 0 unspecified atom stereocenters. The molecule has 1 amide bonds. The quantitative estimate of drug-likeness (QED) is 0.702. The summed E-state index contributed by atoms with van der Waals surface area (Å²) < 4.78 is 33.7. The molecular formula is C19H19N3O4S. The molecule has 0 atom stereocenters. The molecule has 2 N–H and O–H groups in total. The highest BCUT2D eigenvalue weighted by Crippen LogP contribution is 2.30. The highest BCUT2D eigenvalue weighted by Gasteiger charge is 2.20. The van der Waals surface area contributed by atoms with Crippen molar-refractivity contribution in [2.45, 2.75) is 18.7 Å². The number of ether oxygens (including phenoxy) is 1. The molecule has 0 aliphatic rings. The monoisotopic (exact) mass is 385 g/mol. The third-order valence-electron chi connectivity index (χ3n) is 3.99. The van der Waals surface area contributed by atoms with E-state index in [2.05, 4.69) is 15.0 Å². The Bertz CT molecular complexity index is 1130. The Morgan fingerprint density at radius 1 is 1.15 bits per heavy atom. The number of rotatable bonds is 5. The second-order valence-corrected chi connectivity index (χ2v) is 7.63. The third-order valence-corrected chi connectivity index (χ3v) is 5.43. The number of amides is 1. The van der Waals surface area contributed by atoms with Gasteiger partial charge >= 0.3 is 0 Å². The van der Waals surface area contributed by atoms with Crippen molar-refractivity contribution >= 4 is 38.2 Å². The van der Waals surface area contributed by atoms with Crippen LogP contribution in [-0.4, -0.2) is 26.4 Å². The zero-order valence-corrected chi connectivity index (χ0v) is 15.9. The average molecular weight is 385 g/mol. The van der Waals surface area contributed by atoms with Gasteiger partial charge in [-0.25, -0.2) is 8.42 Å². The first kappa shape index (κ1) is 18.7. The van der Waals surface area contributed by atoms with Crippen LogP contribution in [0.3, 0.4) is 0 Å². The molecule has 2 aromatic carbocycles. The molecular weight excluding hydrogens is 366 g/mol. The van der Waals surface area contributed by atoms with Crippen molar-refractivity contribution in [1.82, 2.24) is 4.98 Å². The Kier molecular flexibility index (Phi) is 5.00. The van der Waals surface area contributed by atoms with E-state index in [-0.39, 0.29) is 10.8 Å². The Morgan fingerprint density at radius 2 is 1.93 bits per heavy atom. The number of anilines is 2. The molecule has 27 heavy (non-hydrogen) atoms. The number of carbonyl (C=O) groups excluding carboxylic acids is 1. The first-order valence-corrected chi connectivity index (χ1v) is 9.63. The molecule has 1 heterocycles. The molecule has 0 aliphatic carbocycles. The van der Waals surface area contributed by atoms with Crippen molar-refractivity contribution in [2.75, 3.05) is 17.1 Å². The lowest BCUT2D eigenvalue weighted by Crippen LogP contribution is -2.14. The number of aryl methyl sites for hydroxylation is 1. The van der Waals surface area contributed by atoms with E-state index in [1.54, 1.807) is 49.5 Å². The predicted molar refractivity (Wildman–Crippen MR) is 105 cm³/mol. The molecule has 0 fully saturated rings. The molecule has 1 aromatic heterocycles. The molecule has 0 bridgehead atoms. The molecule has 0 saturated carbocycles. The Morgan fingerprint density at radius 3 is 2.59 bits per heavy atom. The number of aromatic nitrogens is 1. The highest BCUT2D eigenvalue weighted by atomic mass is 32.2. The molecule has 7 nitrogen and oxygen atoms in total. The van der Waals surface area contributed by atoms with Gasteiger partial charge in [-0.15, -0.1) is 0 Å². The van der Waals surface area contributed by atoms with Crippen LogP contribution in [0.2, 0.25) is 0 Å². The lowest BCUT2D eigenvalue weighted by molar-refractivity contribution is -0.114. The lowest BCUT2D eigenvalue weighted by Gasteiger charge is -2.13. The minimum Gasteiger partial charge on any atom is -0.494 e. The normalized spacial score (nSPS) is 11.2. The van der Waals surface area contributed by atoms with Crippen LogP contribution < -0.4 is 14.8 Å². The van der Waals surface area contributed by atoms with Gasteiger partial charge < -0.3 is 10.1 Å². The van der Waals surface area contributed by atoms with Gasteiger partial charge in [0, 0.05) is 29.9 Å². The van der Waals surface area contributed by atoms with Crippen LogP contribution in [-0.2, 0) is 14.8 Å². The fourth-order valence-electron chi connectivity index (χ4n) is 2.79. The summed E-state index contributed by atoms with van der Waals surface area (Å²) >= 11 is 0. The first-order valence-electron chi connectivity index (χ1n) is 8.14. The number of hydrogen-bond donors (Lipinski definition) is 2. The first-order chi connectivity index (χ1) is 12.8. The Labute approximate surface area is 157 Å². The van der Waals surface area contributed by atoms with Crippen molar-refractivity contribution < 1.29 is 17.9 Å². The van der Waals surface area contributed by atoms with Gasteiger partial charge in [-0.2, -0.15) is 0 Å². The van der Waals surface area contributed by atoms with E-state index in [1.807, 2.05) is 0 Å². The van der Waals surface area contributed by atoms with E-state index < -0.39 is 10.0 Å². The van der Waals surface area contributed by atoms with E-state index in [0.717, 1.165) is 5.56 Å². The fraction of sp³-hybridized carbons (Fsp3) is 0.158. The number of carbonyl (C=O) groups is 1. The highest BCUT2D eigenvalue weighted by molar-refractivity contribution is 7.93. The predicted octanol–water partition coefficient (Wildman–Crippen LogP) is 3.31. The van der Waals surface area contributed by atoms with Crippen LogP contribution in [0.4, 0.5) is 11.4 Å². The molecule has 0 spiro atoms. The van der Waals surface area contributed by atoms with Crippen LogP contribution in [0.15, 0.2) is 53.6 Å². The van der Waals surface area contributed by atoms with Crippen molar-refractivity contribution in [1.29, 1.82) is 0 Å². The molecule has 140 valence electrons. The van der Waals surface area contributed by atoms with Crippen molar-refractivity contribution in [3.63, 3.8) is 0 Å². The summed E-state index contributed by atoms with van der Waals surface area (Å²) in [5, 5.41) is 3.16. The Hall–Kier alpha value is -3.13. The van der Waals surface area contributed by atoms with Crippen LogP contribution >= 0.6 is 0 Å². The van der Waals surface area contributed by atoms with Crippen LogP contribution in [0.5, 0.6) is 5.75 Å². The van der Waals surface area contributed by atoms with E-state index in [0.29, 0.717) is 28.0 Å². The summed E-state index contributed by atoms with van der Waals surface area (Å²) in [6.45, 7) is 3.20. The number of sulfonamides is 1. The second-order valence-electron chi connectivity index (χ2n) is 5.98. The van der Waals surface area contributed by atoms with Gasteiger partial charge in [-0.1, -0.05) is 0 Å². The zero-order chi connectivity index (χ0) is 19.6. The number of nitrogens with one attached hydrogen (secondary N) is 2. The van der Waals surface area contributed by atoms with Crippen LogP contribution in [0.1, 0.15) is 12.5 Å². The molecule has 0 saturated heterocycles. The summed E-state index contributed by atoms with van der Waals surface area (Å²) in [4.78, 5) is 15.5. The van der Waals surface area contributed by atoms with Crippen LogP contribution in [0, 0.1) is 6.92 Å². The van der Waals surface area contributed by atoms with Gasteiger partial charge in [0.2, 0.25) is 5.91 Å². The SMILES string of the molecule is COc1ccc(S(=O)(=O)Nc2ccc(NC(C)=O)c(C)c2)c2cccnc12.